The molecule has 2 rings (SSSR count). The molecule has 1 aliphatic heterocycles. The first kappa shape index (κ1) is 16.2. The molecule has 1 fully saturated rings. The Labute approximate surface area is 135 Å². The fourth-order valence-electron chi connectivity index (χ4n) is 2.57. The average molecular weight is 357 g/mol. The fraction of sp³-hybridized carbons (Fsp3) is 0.625. The van der Waals surface area contributed by atoms with E-state index in [1.807, 2.05) is 7.05 Å². The summed E-state index contributed by atoms with van der Waals surface area (Å²) in [4.78, 5) is 2.55. The van der Waals surface area contributed by atoms with Gasteiger partial charge in [0.05, 0.1) is 0 Å². The average Bonchev–Trinajstić information content (AvgIpc) is 2.58. The van der Waals surface area contributed by atoms with Crippen LogP contribution in [0.25, 0.3) is 0 Å². The zero-order chi connectivity index (χ0) is 14.8. The summed E-state index contributed by atoms with van der Waals surface area (Å²) in [6.45, 7) is 9.22. The normalized spacial score (nSPS) is 20.6. The van der Waals surface area contributed by atoms with Gasteiger partial charge in [0.25, 0.3) is 0 Å². The third-order valence-electron chi connectivity index (χ3n) is 4.07. The first-order valence-electron chi connectivity index (χ1n) is 7.28. The summed E-state index contributed by atoms with van der Waals surface area (Å²) in [6.07, 6.45) is 1.23. The summed E-state index contributed by atoms with van der Waals surface area (Å²) in [7, 11) is 2.03. The molecule has 20 heavy (non-hydrogen) atoms. The predicted molar refractivity (Wildman–Crippen MR) is 95.0 cm³/mol. The van der Waals surface area contributed by atoms with Crippen molar-refractivity contribution in [3.8, 4) is 0 Å². The topological polar surface area (TPSA) is 15.3 Å². The maximum Gasteiger partial charge on any atom is 0.0426 e. The van der Waals surface area contributed by atoms with Gasteiger partial charge in [0, 0.05) is 39.8 Å². The number of hydrogen-bond acceptors (Lipinski definition) is 3. The summed E-state index contributed by atoms with van der Waals surface area (Å²) in [6, 6.07) is 7.03. The molecule has 0 spiro atoms. The lowest BCUT2D eigenvalue weighted by molar-refractivity contribution is 0.625. The Morgan fingerprint density at radius 2 is 2.10 bits per heavy atom. The first-order chi connectivity index (χ1) is 9.43. The lowest BCUT2D eigenvalue weighted by Gasteiger charge is -2.28. The van der Waals surface area contributed by atoms with E-state index in [1.165, 1.54) is 23.4 Å². The number of halogens is 1. The Balaban J connectivity index is 2.29. The van der Waals surface area contributed by atoms with E-state index in [1.54, 1.807) is 0 Å². The monoisotopic (exact) mass is 356 g/mol. The van der Waals surface area contributed by atoms with Gasteiger partial charge >= 0.3 is 0 Å². The molecular weight excluding hydrogens is 332 g/mol. The van der Waals surface area contributed by atoms with Crippen LogP contribution in [-0.2, 0) is 0 Å². The minimum atomic E-state index is 0.377. The Morgan fingerprint density at radius 1 is 1.35 bits per heavy atom. The Bertz CT molecular complexity index is 462. The molecule has 1 heterocycles. The van der Waals surface area contributed by atoms with Gasteiger partial charge in [-0.1, -0.05) is 35.8 Å². The minimum absolute atomic E-state index is 0.377. The highest BCUT2D eigenvalue weighted by Crippen LogP contribution is 2.35. The second-order valence-corrected chi connectivity index (χ2v) is 8.78. The molecule has 1 aliphatic rings. The second-order valence-electron chi connectivity index (χ2n) is 6.06. The molecule has 1 unspecified atom stereocenters. The van der Waals surface area contributed by atoms with Gasteiger partial charge < -0.3 is 10.2 Å². The van der Waals surface area contributed by atoms with Crippen molar-refractivity contribution in [2.24, 2.45) is 0 Å². The quantitative estimate of drug-likeness (QED) is 0.860. The molecule has 0 aromatic heterocycles. The maximum absolute atomic E-state index is 3.62. The van der Waals surface area contributed by atoms with E-state index in [4.69, 9.17) is 0 Å². The molecule has 0 radical (unpaired) electrons. The molecular formula is C16H25BrN2S. The Kier molecular flexibility index (Phi) is 5.43. The first-order valence-corrected chi connectivity index (χ1v) is 9.06. The third kappa shape index (κ3) is 3.92. The molecule has 1 N–H and O–H groups in total. The van der Waals surface area contributed by atoms with E-state index >= 15 is 0 Å². The van der Waals surface area contributed by atoms with Crippen LogP contribution >= 0.6 is 27.7 Å². The van der Waals surface area contributed by atoms with Crippen LogP contribution in [0.5, 0.6) is 0 Å². The van der Waals surface area contributed by atoms with Crippen LogP contribution in [0.15, 0.2) is 22.7 Å². The number of hydrogen-bond donors (Lipinski definition) is 1. The van der Waals surface area contributed by atoms with Crippen molar-refractivity contribution in [3.05, 3.63) is 28.2 Å². The van der Waals surface area contributed by atoms with Crippen molar-refractivity contribution in [1.82, 2.24) is 5.32 Å². The van der Waals surface area contributed by atoms with Gasteiger partial charge in [-0.2, -0.15) is 11.8 Å². The molecule has 2 nitrogen and oxygen atoms in total. The van der Waals surface area contributed by atoms with Gasteiger partial charge in [0.1, 0.15) is 0 Å². The molecule has 1 atom stereocenters. The van der Waals surface area contributed by atoms with Crippen LogP contribution in [0.3, 0.4) is 0 Å². The van der Waals surface area contributed by atoms with E-state index in [9.17, 15) is 0 Å². The summed E-state index contributed by atoms with van der Waals surface area (Å²) < 4.78 is 1.56. The molecule has 0 amide bonds. The number of nitrogens with one attached hydrogen (secondary N) is 1. The fourth-order valence-corrected chi connectivity index (χ4v) is 4.02. The third-order valence-corrected chi connectivity index (χ3v) is 5.94. The van der Waals surface area contributed by atoms with Crippen molar-refractivity contribution >= 4 is 33.4 Å². The lowest BCUT2D eigenvalue weighted by Crippen LogP contribution is -2.29. The Morgan fingerprint density at radius 3 is 2.80 bits per heavy atom. The largest absolute Gasteiger partial charge is 0.370 e. The van der Waals surface area contributed by atoms with Crippen LogP contribution in [0, 0.1) is 0 Å². The van der Waals surface area contributed by atoms with Gasteiger partial charge in [0.15, 0.2) is 0 Å². The van der Waals surface area contributed by atoms with E-state index in [-0.39, 0.29) is 0 Å². The summed E-state index contributed by atoms with van der Waals surface area (Å²) >= 11 is 5.72. The van der Waals surface area contributed by atoms with E-state index in [0.717, 1.165) is 17.6 Å². The van der Waals surface area contributed by atoms with Gasteiger partial charge in [-0.25, -0.2) is 0 Å². The zero-order valence-corrected chi connectivity index (χ0v) is 15.3. The molecule has 1 aromatic carbocycles. The standard InChI is InChI=1S/C16H25BrN2S/c1-12(18-4)14-6-5-13(17)11-15(14)19-8-7-16(2,3)20-10-9-19/h5-6,11-12,18H,7-10H2,1-4H3. The highest BCUT2D eigenvalue weighted by Gasteiger charge is 2.25. The molecule has 112 valence electrons. The molecule has 1 saturated heterocycles. The number of anilines is 1. The van der Waals surface area contributed by atoms with Crippen molar-refractivity contribution in [2.45, 2.75) is 38.0 Å². The lowest BCUT2D eigenvalue weighted by atomic mass is 10.0. The number of nitrogens with zero attached hydrogens (tertiary/aromatic N) is 1. The zero-order valence-electron chi connectivity index (χ0n) is 12.9. The van der Waals surface area contributed by atoms with Gasteiger partial charge in [0.2, 0.25) is 0 Å². The summed E-state index contributed by atoms with van der Waals surface area (Å²) in [5.74, 6) is 1.20. The van der Waals surface area contributed by atoms with E-state index in [2.05, 4.69) is 76.9 Å². The smallest absolute Gasteiger partial charge is 0.0426 e. The summed E-state index contributed by atoms with van der Waals surface area (Å²) in [5.41, 5.74) is 2.76. The molecule has 0 aliphatic carbocycles. The second kappa shape index (κ2) is 6.71. The predicted octanol–water partition coefficient (Wildman–Crippen LogP) is 4.45. The van der Waals surface area contributed by atoms with Crippen molar-refractivity contribution < 1.29 is 0 Å². The number of benzene rings is 1. The van der Waals surface area contributed by atoms with Crippen molar-refractivity contribution in [3.63, 3.8) is 0 Å². The van der Waals surface area contributed by atoms with Crippen LogP contribution in [0.1, 0.15) is 38.8 Å². The molecule has 0 saturated carbocycles. The van der Waals surface area contributed by atoms with Crippen molar-refractivity contribution in [1.29, 1.82) is 0 Å². The van der Waals surface area contributed by atoms with E-state index < -0.39 is 0 Å². The van der Waals surface area contributed by atoms with Crippen LogP contribution in [-0.4, -0.2) is 30.6 Å². The highest BCUT2D eigenvalue weighted by atomic mass is 79.9. The Hall–Kier alpha value is -0.190. The summed E-state index contributed by atoms with van der Waals surface area (Å²) in [5, 5.41) is 3.36. The maximum atomic E-state index is 3.62. The van der Waals surface area contributed by atoms with E-state index in [0.29, 0.717) is 10.8 Å². The highest BCUT2D eigenvalue weighted by molar-refractivity contribution is 9.10. The van der Waals surface area contributed by atoms with Crippen LogP contribution in [0.4, 0.5) is 5.69 Å². The van der Waals surface area contributed by atoms with Crippen LogP contribution in [0.2, 0.25) is 0 Å². The molecule has 1 aromatic rings. The van der Waals surface area contributed by atoms with Gasteiger partial charge in [-0.3, -0.25) is 0 Å². The van der Waals surface area contributed by atoms with Crippen molar-refractivity contribution in [2.75, 3.05) is 30.8 Å². The molecule has 4 heteroatoms. The minimum Gasteiger partial charge on any atom is -0.370 e. The van der Waals surface area contributed by atoms with Gasteiger partial charge in [-0.15, -0.1) is 0 Å². The number of thioether (sulfide) groups is 1. The van der Waals surface area contributed by atoms with Gasteiger partial charge in [-0.05, 0) is 38.1 Å². The van der Waals surface area contributed by atoms with Crippen LogP contribution < -0.4 is 10.2 Å². The molecule has 0 bridgehead atoms. The SMILES string of the molecule is CNC(C)c1ccc(Br)cc1N1CCSC(C)(C)CC1. The number of rotatable bonds is 3.